The second-order valence-electron chi connectivity index (χ2n) is 8.42. The van der Waals surface area contributed by atoms with Crippen molar-refractivity contribution < 1.29 is 19.4 Å². The highest BCUT2D eigenvalue weighted by molar-refractivity contribution is 6.46. The third kappa shape index (κ3) is 3.93. The van der Waals surface area contributed by atoms with Crippen LogP contribution in [0.4, 0.5) is 0 Å². The molecule has 0 aliphatic carbocycles. The number of pyridine rings is 1. The first-order chi connectivity index (χ1) is 16.3. The minimum Gasteiger partial charge on any atom is -0.507 e. The van der Waals surface area contributed by atoms with Crippen LogP contribution < -0.4 is 4.74 Å². The second-order valence-corrected chi connectivity index (χ2v) is 9.23. The Labute approximate surface area is 206 Å². The van der Waals surface area contributed by atoms with Crippen molar-refractivity contribution in [1.82, 2.24) is 9.88 Å². The molecule has 6 nitrogen and oxygen atoms in total. The standard InChI is InChI=1S/C26H20Cl2N2O4/c1-14-9-18-10-17(5-7-21(18)34-14)24(31)22-23(16-4-6-19(27)20(28)11-16)30(26(33)25(22)32)13-15-3-2-8-29-12-15/h2-8,10-12,14,23,31H,9,13H2,1H3. The average Bonchev–Trinajstić information content (AvgIpc) is 3.32. The van der Waals surface area contributed by atoms with E-state index in [1.807, 2.05) is 13.0 Å². The molecule has 8 heteroatoms. The smallest absolute Gasteiger partial charge is 0.295 e. The number of hydrogen-bond acceptors (Lipinski definition) is 5. The number of nitrogens with zero attached hydrogens (tertiary/aromatic N) is 2. The molecule has 1 saturated heterocycles. The largest absolute Gasteiger partial charge is 0.507 e. The number of ether oxygens (including phenoxy) is 1. The lowest BCUT2D eigenvalue weighted by Crippen LogP contribution is -2.29. The lowest BCUT2D eigenvalue weighted by atomic mass is 9.94. The number of carbonyl (C=O) groups is 2. The zero-order chi connectivity index (χ0) is 24.0. The van der Waals surface area contributed by atoms with Gasteiger partial charge in [-0.2, -0.15) is 0 Å². The number of benzene rings is 2. The van der Waals surface area contributed by atoms with E-state index >= 15 is 0 Å². The van der Waals surface area contributed by atoms with E-state index in [0.717, 1.165) is 16.9 Å². The van der Waals surface area contributed by atoms with E-state index in [4.69, 9.17) is 27.9 Å². The lowest BCUT2D eigenvalue weighted by molar-refractivity contribution is -0.140. The molecule has 2 aliphatic heterocycles. The summed E-state index contributed by atoms with van der Waals surface area (Å²) >= 11 is 12.4. The Hall–Kier alpha value is -3.35. The number of fused-ring (bicyclic) bond motifs is 1. The maximum absolute atomic E-state index is 13.2. The molecule has 0 radical (unpaired) electrons. The molecule has 0 saturated carbocycles. The zero-order valence-electron chi connectivity index (χ0n) is 18.2. The highest BCUT2D eigenvalue weighted by Crippen LogP contribution is 2.42. The van der Waals surface area contributed by atoms with Crippen LogP contribution in [0.5, 0.6) is 5.75 Å². The summed E-state index contributed by atoms with van der Waals surface area (Å²) in [5.41, 5.74) is 2.70. The number of aliphatic hydroxyl groups is 1. The monoisotopic (exact) mass is 494 g/mol. The fourth-order valence-corrected chi connectivity index (χ4v) is 4.79. The fourth-order valence-electron chi connectivity index (χ4n) is 4.49. The molecule has 2 aliphatic rings. The molecule has 1 fully saturated rings. The quantitative estimate of drug-likeness (QED) is 0.301. The summed E-state index contributed by atoms with van der Waals surface area (Å²) in [4.78, 5) is 31.9. The molecule has 172 valence electrons. The van der Waals surface area contributed by atoms with Crippen molar-refractivity contribution in [1.29, 1.82) is 0 Å². The molecule has 0 spiro atoms. The predicted molar refractivity (Wildman–Crippen MR) is 129 cm³/mol. The summed E-state index contributed by atoms with van der Waals surface area (Å²) in [6, 6.07) is 12.9. The van der Waals surface area contributed by atoms with Gasteiger partial charge in [0, 0.05) is 30.9 Å². The van der Waals surface area contributed by atoms with Crippen molar-refractivity contribution >= 4 is 40.7 Å². The molecule has 2 aromatic carbocycles. The van der Waals surface area contributed by atoms with Crippen LogP contribution in [0, 0.1) is 0 Å². The molecular weight excluding hydrogens is 475 g/mol. The fraction of sp³-hybridized carbons (Fsp3) is 0.192. The summed E-state index contributed by atoms with van der Waals surface area (Å²) in [6.07, 6.45) is 4.00. The number of aliphatic hydroxyl groups excluding tert-OH is 1. The highest BCUT2D eigenvalue weighted by Gasteiger charge is 2.46. The summed E-state index contributed by atoms with van der Waals surface area (Å²) in [5.74, 6) is -0.963. The Balaban J connectivity index is 1.65. The molecular formula is C26H20Cl2N2O4. The van der Waals surface area contributed by atoms with Crippen LogP contribution in [0.1, 0.15) is 35.2 Å². The van der Waals surface area contributed by atoms with Crippen molar-refractivity contribution in [3.8, 4) is 5.75 Å². The third-order valence-electron chi connectivity index (χ3n) is 6.04. The van der Waals surface area contributed by atoms with E-state index in [1.165, 1.54) is 4.90 Å². The van der Waals surface area contributed by atoms with Gasteiger partial charge in [0.1, 0.15) is 17.6 Å². The topological polar surface area (TPSA) is 79.7 Å². The number of carbonyl (C=O) groups excluding carboxylic acids is 2. The number of amides is 1. The van der Waals surface area contributed by atoms with Gasteiger partial charge < -0.3 is 14.7 Å². The van der Waals surface area contributed by atoms with Crippen LogP contribution >= 0.6 is 23.2 Å². The molecule has 2 atom stereocenters. The van der Waals surface area contributed by atoms with Crippen molar-refractivity contribution in [3.05, 3.63) is 98.8 Å². The van der Waals surface area contributed by atoms with E-state index in [9.17, 15) is 14.7 Å². The molecule has 1 N–H and O–H groups in total. The van der Waals surface area contributed by atoms with Crippen LogP contribution in [0.3, 0.4) is 0 Å². The van der Waals surface area contributed by atoms with Gasteiger partial charge in [0.2, 0.25) is 0 Å². The number of ketones is 1. The highest BCUT2D eigenvalue weighted by atomic mass is 35.5. The van der Waals surface area contributed by atoms with Crippen molar-refractivity contribution in [3.63, 3.8) is 0 Å². The normalized spacial score (nSPS) is 21.0. The van der Waals surface area contributed by atoms with Gasteiger partial charge in [0.15, 0.2) is 0 Å². The number of aromatic nitrogens is 1. The van der Waals surface area contributed by atoms with Gasteiger partial charge in [-0.15, -0.1) is 0 Å². The van der Waals surface area contributed by atoms with Gasteiger partial charge in [-0.05, 0) is 60.0 Å². The first kappa shape index (κ1) is 22.4. The molecule has 2 unspecified atom stereocenters. The van der Waals surface area contributed by atoms with Gasteiger partial charge in [-0.1, -0.05) is 35.3 Å². The first-order valence-electron chi connectivity index (χ1n) is 10.8. The second kappa shape index (κ2) is 8.78. The van der Waals surface area contributed by atoms with Crippen molar-refractivity contribution in [2.24, 2.45) is 0 Å². The summed E-state index contributed by atoms with van der Waals surface area (Å²) in [6.45, 7) is 2.10. The van der Waals surface area contributed by atoms with Gasteiger partial charge in [-0.3, -0.25) is 14.6 Å². The number of Topliss-reactive ketones (excluding diaryl/α,β-unsaturated/α-hetero) is 1. The van der Waals surface area contributed by atoms with Gasteiger partial charge in [0.05, 0.1) is 21.7 Å². The van der Waals surface area contributed by atoms with E-state index in [2.05, 4.69) is 4.98 Å². The molecule has 3 aromatic rings. The van der Waals surface area contributed by atoms with E-state index < -0.39 is 17.7 Å². The Bertz CT molecular complexity index is 1340. The van der Waals surface area contributed by atoms with Crippen molar-refractivity contribution in [2.75, 3.05) is 0 Å². The minimum absolute atomic E-state index is 0.000747. The molecule has 34 heavy (non-hydrogen) atoms. The van der Waals surface area contributed by atoms with Gasteiger partial charge >= 0.3 is 0 Å². The average molecular weight is 495 g/mol. The van der Waals surface area contributed by atoms with Crippen LogP contribution in [0.2, 0.25) is 10.0 Å². The Morgan fingerprint density at radius 2 is 1.97 bits per heavy atom. The maximum Gasteiger partial charge on any atom is 0.295 e. The summed E-state index contributed by atoms with van der Waals surface area (Å²) in [5, 5.41) is 11.9. The minimum atomic E-state index is -0.849. The van der Waals surface area contributed by atoms with Crippen LogP contribution in [0.25, 0.3) is 5.76 Å². The van der Waals surface area contributed by atoms with E-state index in [1.54, 1.807) is 54.9 Å². The lowest BCUT2D eigenvalue weighted by Gasteiger charge is -2.25. The Kier molecular flexibility index (Phi) is 5.80. The number of halogens is 2. The predicted octanol–water partition coefficient (Wildman–Crippen LogP) is 5.33. The molecule has 1 amide bonds. The number of hydrogen-bond donors (Lipinski definition) is 1. The summed E-state index contributed by atoms with van der Waals surface area (Å²) in [7, 11) is 0. The van der Waals surface area contributed by atoms with Crippen LogP contribution in [-0.2, 0) is 22.6 Å². The molecule has 1 aromatic heterocycles. The van der Waals surface area contributed by atoms with Crippen LogP contribution in [0.15, 0.2) is 66.5 Å². The van der Waals surface area contributed by atoms with Crippen molar-refractivity contribution in [2.45, 2.75) is 32.0 Å². The zero-order valence-corrected chi connectivity index (χ0v) is 19.7. The first-order valence-corrected chi connectivity index (χ1v) is 11.5. The number of rotatable bonds is 4. The Morgan fingerprint density at radius 3 is 2.71 bits per heavy atom. The SMILES string of the molecule is CC1Cc2cc(C(O)=C3C(=O)C(=O)N(Cc4cccnc4)C3c3ccc(Cl)c(Cl)c3)ccc2O1. The summed E-state index contributed by atoms with van der Waals surface area (Å²) < 4.78 is 5.74. The van der Waals surface area contributed by atoms with Crippen LogP contribution in [-0.4, -0.2) is 32.8 Å². The third-order valence-corrected chi connectivity index (χ3v) is 6.78. The molecule has 5 rings (SSSR count). The molecule has 3 heterocycles. The number of likely N-dealkylation sites (tertiary alicyclic amines) is 1. The Morgan fingerprint density at radius 1 is 1.15 bits per heavy atom. The van der Waals surface area contributed by atoms with Gasteiger partial charge in [-0.25, -0.2) is 0 Å². The maximum atomic E-state index is 13.2. The van der Waals surface area contributed by atoms with E-state index in [-0.39, 0.29) is 29.0 Å². The molecule has 0 bridgehead atoms. The van der Waals surface area contributed by atoms with E-state index in [0.29, 0.717) is 22.6 Å². The van der Waals surface area contributed by atoms with Gasteiger partial charge in [0.25, 0.3) is 11.7 Å².